The maximum Gasteiger partial charge on any atom is 0.167 e. The minimum atomic E-state index is 0. The van der Waals surface area contributed by atoms with E-state index in [4.69, 9.17) is 0 Å². The van der Waals surface area contributed by atoms with E-state index < -0.39 is 0 Å². The van der Waals surface area contributed by atoms with Crippen molar-refractivity contribution in [2.75, 3.05) is 0 Å². The molecule has 4 heavy (non-hydrogen) atoms. The minimum Gasteiger partial charge on any atom is -0.119 e. The predicted molar refractivity (Wildman–Crippen MR) is 23.0 cm³/mol. The second kappa shape index (κ2) is 28.3. The summed E-state index contributed by atoms with van der Waals surface area (Å²) in [5.41, 5.74) is 0. The summed E-state index contributed by atoms with van der Waals surface area (Å²) < 4.78 is 0. The molecule has 0 aromatic rings. The predicted octanol–water partition coefficient (Wildman–Crippen LogP) is -1.25. The monoisotopic (exact) mass is 129 g/mol. The Kier molecular flexibility index (Phi) is 132. The van der Waals surface area contributed by atoms with Crippen LogP contribution >= 0.6 is 0 Å². The first-order valence-corrected chi connectivity index (χ1v) is 2.12. The van der Waals surface area contributed by atoms with Crippen molar-refractivity contribution >= 4 is 27.3 Å². The molecule has 0 aromatic carbocycles. The minimum absolute atomic E-state index is 0. The number of hydrogen-bond donors (Lipinski definition) is 0. The molecule has 3 radical (unpaired) electrons. The van der Waals surface area contributed by atoms with Crippen LogP contribution in [0.15, 0.2) is 0 Å². The quantitative estimate of drug-likeness (QED) is 0.358. The number of hydrogen-bond acceptors (Lipinski definition) is 0. The summed E-state index contributed by atoms with van der Waals surface area (Å²) in [5.74, 6) is 2.03. The third-order valence-corrected chi connectivity index (χ3v) is 0. The molecule has 0 saturated carbocycles. The molecule has 0 amide bonds. The summed E-state index contributed by atoms with van der Waals surface area (Å²) in [6.45, 7) is 0. The molecule has 0 fully saturated rings. The third-order valence-electron chi connectivity index (χ3n) is 0. The summed E-state index contributed by atoms with van der Waals surface area (Å²) in [7, 11) is 0. The van der Waals surface area contributed by atoms with Gasteiger partial charge in [0.05, 0.1) is 0 Å². The van der Waals surface area contributed by atoms with Gasteiger partial charge in [-0.25, -0.2) is 0 Å². The SMILES string of the molecule is [CH3][AlH].[Mn].[SiH3]. The zero-order valence-corrected chi connectivity index (χ0v) is 7.68. The van der Waals surface area contributed by atoms with Crippen LogP contribution in [0.1, 0.15) is 0 Å². The first-order chi connectivity index (χ1) is 1.00. The van der Waals surface area contributed by atoms with Crippen LogP contribution in [0.3, 0.4) is 0 Å². The average Bonchev–Trinajstić information content (AvgIpc) is 1.00. The molecule has 3 heteroatoms. The van der Waals surface area contributed by atoms with Gasteiger partial charge in [0, 0.05) is 17.1 Å². The zero-order chi connectivity index (χ0) is 2.00. The molecule has 0 bridgehead atoms. The molecule has 0 aliphatic carbocycles. The van der Waals surface area contributed by atoms with Gasteiger partial charge >= 0.3 is 0 Å². The van der Waals surface area contributed by atoms with Gasteiger partial charge in [0.1, 0.15) is 0 Å². The van der Waals surface area contributed by atoms with E-state index in [1.807, 2.05) is 22.1 Å². The van der Waals surface area contributed by atoms with Crippen molar-refractivity contribution in [3.63, 3.8) is 0 Å². The molecule has 0 atom stereocenters. The van der Waals surface area contributed by atoms with Crippen LogP contribution in [0.2, 0.25) is 5.79 Å². The van der Waals surface area contributed by atoms with Crippen molar-refractivity contribution in [3.8, 4) is 0 Å². The summed E-state index contributed by atoms with van der Waals surface area (Å²) in [6.07, 6.45) is 0. The van der Waals surface area contributed by atoms with E-state index in [0.717, 1.165) is 0 Å². The van der Waals surface area contributed by atoms with Crippen LogP contribution in [0.5, 0.6) is 0 Å². The van der Waals surface area contributed by atoms with E-state index in [2.05, 4.69) is 0 Å². The van der Waals surface area contributed by atoms with Gasteiger partial charge in [0.15, 0.2) is 16.3 Å². The maximum absolute atomic E-state index is 2.03. The molecule has 0 rings (SSSR count). The molecule has 0 nitrogen and oxygen atoms in total. The van der Waals surface area contributed by atoms with E-state index in [1.54, 1.807) is 0 Å². The molecule has 0 unspecified atom stereocenters. The van der Waals surface area contributed by atoms with Crippen molar-refractivity contribution in [2.24, 2.45) is 0 Å². The van der Waals surface area contributed by atoms with E-state index in [1.165, 1.54) is 0 Å². The molecule has 0 saturated heterocycles. The molecule has 0 aliphatic rings. The molecule has 25 valence electrons. The van der Waals surface area contributed by atoms with Crippen LogP contribution < -0.4 is 0 Å². The Morgan fingerprint density at radius 1 is 1.25 bits per heavy atom. The normalized spacial score (nSPS) is 1.25. The second-order valence-electron chi connectivity index (χ2n) is 0. The average molecular weight is 129 g/mol. The van der Waals surface area contributed by atoms with Crippen LogP contribution in [0, 0.1) is 0 Å². The zero-order valence-electron chi connectivity index (χ0n) is 3.09. The summed E-state index contributed by atoms with van der Waals surface area (Å²) >= 11 is 1.86. The van der Waals surface area contributed by atoms with Gasteiger partial charge < -0.3 is 0 Å². The van der Waals surface area contributed by atoms with Crippen LogP contribution in [0.4, 0.5) is 0 Å². The summed E-state index contributed by atoms with van der Waals surface area (Å²) in [5, 5.41) is 0. The Hall–Kier alpha value is 1.27. The van der Waals surface area contributed by atoms with E-state index in [0.29, 0.717) is 0 Å². The smallest absolute Gasteiger partial charge is 0.119 e. The van der Waals surface area contributed by atoms with Crippen LogP contribution in [-0.2, 0) is 17.1 Å². The first kappa shape index (κ1) is 18.7. The van der Waals surface area contributed by atoms with Crippen molar-refractivity contribution in [3.05, 3.63) is 0 Å². The van der Waals surface area contributed by atoms with Crippen LogP contribution in [0.25, 0.3) is 0 Å². The molecular weight excluding hydrogens is 122 g/mol. The fourth-order valence-corrected chi connectivity index (χ4v) is 0. The van der Waals surface area contributed by atoms with Crippen LogP contribution in [-0.4, -0.2) is 27.3 Å². The van der Waals surface area contributed by atoms with Gasteiger partial charge in [0.2, 0.25) is 0 Å². The van der Waals surface area contributed by atoms with Gasteiger partial charge in [-0.2, -0.15) is 0 Å². The first-order valence-electron chi connectivity index (χ1n) is 0.707. The standard InChI is InChI=1S/CH3.Al.Mn.H3Si.H/h1H3;;;1H3;. The maximum atomic E-state index is 2.03. The molecule has 0 N–H and O–H groups in total. The fraction of sp³-hybridized carbons (Fsp3) is 1.00. The second-order valence-corrected chi connectivity index (χ2v) is 0. The molecule has 0 spiro atoms. The van der Waals surface area contributed by atoms with Gasteiger partial charge in [-0.15, -0.1) is 5.79 Å². The van der Waals surface area contributed by atoms with Crippen molar-refractivity contribution in [1.29, 1.82) is 0 Å². The van der Waals surface area contributed by atoms with E-state index in [-0.39, 0.29) is 28.0 Å². The molecule has 0 aromatic heterocycles. The van der Waals surface area contributed by atoms with Gasteiger partial charge in [-0.1, -0.05) is 0 Å². The van der Waals surface area contributed by atoms with Gasteiger partial charge in [-0.05, 0) is 11.0 Å². The van der Waals surface area contributed by atoms with E-state index in [9.17, 15) is 0 Å². The Labute approximate surface area is 50.3 Å². The van der Waals surface area contributed by atoms with Gasteiger partial charge in [0.25, 0.3) is 0 Å². The van der Waals surface area contributed by atoms with Crippen molar-refractivity contribution < 1.29 is 17.1 Å². The summed E-state index contributed by atoms with van der Waals surface area (Å²) in [6, 6.07) is 0. The topological polar surface area (TPSA) is 0 Å². The molecule has 0 heterocycles. The third kappa shape index (κ3) is 10.5. The Morgan fingerprint density at radius 2 is 1.25 bits per heavy atom. The summed E-state index contributed by atoms with van der Waals surface area (Å²) in [4.78, 5) is 0. The Bertz CT molecular complexity index is 8.00. The van der Waals surface area contributed by atoms with Crippen molar-refractivity contribution in [2.45, 2.75) is 5.79 Å². The van der Waals surface area contributed by atoms with E-state index >= 15 is 0 Å². The number of rotatable bonds is 0. The fourth-order valence-electron chi connectivity index (χ4n) is 0. The molecule has 0 aliphatic heterocycles. The Balaban J connectivity index is -0.00000000500. The van der Waals surface area contributed by atoms with Crippen molar-refractivity contribution in [1.82, 2.24) is 0 Å². The largest absolute Gasteiger partial charge is 0.167 e. The molecular formula is CH7AlMnSi. The Morgan fingerprint density at radius 3 is 1.25 bits per heavy atom. The van der Waals surface area contributed by atoms with Gasteiger partial charge in [-0.3, -0.25) is 0 Å².